The van der Waals surface area contributed by atoms with Crippen LogP contribution >= 0.6 is 0 Å². The third kappa shape index (κ3) is 4.90. The van der Waals surface area contributed by atoms with Crippen LogP contribution in [-0.4, -0.2) is 42.7 Å². The van der Waals surface area contributed by atoms with Gasteiger partial charge in [0.05, 0.1) is 7.11 Å². The average Bonchev–Trinajstić information content (AvgIpc) is 2.25. The number of nitrogens with zero attached hydrogens (tertiary/aromatic N) is 3. The standard InChI is InChI=1S/C8H13N3O4/c1-4-14-5-15-11-6(2)7(10-9)8(12)13-3/h4-5H2,1-3H3/b11-6-. The minimum Gasteiger partial charge on any atom is -0.460 e. The van der Waals surface area contributed by atoms with Crippen LogP contribution in [0.4, 0.5) is 0 Å². The summed E-state index contributed by atoms with van der Waals surface area (Å²) in [5.41, 5.74) is 8.31. The van der Waals surface area contributed by atoms with E-state index >= 15 is 0 Å². The van der Waals surface area contributed by atoms with Gasteiger partial charge in [-0.05, 0) is 13.8 Å². The van der Waals surface area contributed by atoms with E-state index in [4.69, 9.17) is 10.3 Å². The smallest absolute Gasteiger partial charge is 0.423 e. The molecule has 7 nitrogen and oxygen atoms in total. The van der Waals surface area contributed by atoms with E-state index in [1.54, 1.807) is 6.92 Å². The summed E-state index contributed by atoms with van der Waals surface area (Å²) in [7, 11) is 1.17. The van der Waals surface area contributed by atoms with Gasteiger partial charge in [0.15, 0.2) is 5.71 Å². The third-order valence-electron chi connectivity index (χ3n) is 1.36. The lowest BCUT2D eigenvalue weighted by molar-refractivity contribution is -0.136. The third-order valence-corrected chi connectivity index (χ3v) is 1.36. The predicted octanol–water partition coefficient (Wildman–Crippen LogP) is 0.217. The highest BCUT2D eigenvalue weighted by Crippen LogP contribution is 1.88. The van der Waals surface area contributed by atoms with Crippen molar-refractivity contribution in [1.82, 2.24) is 0 Å². The molecular weight excluding hydrogens is 202 g/mol. The first-order valence-corrected chi connectivity index (χ1v) is 4.22. The fourth-order valence-corrected chi connectivity index (χ4v) is 0.645. The number of hydrogen-bond acceptors (Lipinski definition) is 5. The van der Waals surface area contributed by atoms with Gasteiger partial charge in [0.25, 0.3) is 0 Å². The lowest BCUT2D eigenvalue weighted by Gasteiger charge is -1.98. The average molecular weight is 215 g/mol. The van der Waals surface area contributed by atoms with Crippen LogP contribution in [0, 0.1) is 0 Å². The molecule has 0 fully saturated rings. The molecule has 0 spiro atoms. The zero-order chi connectivity index (χ0) is 11.7. The van der Waals surface area contributed by atoms with Crippen LogP contribution in [0.15, 0.2) is 5.16 Å². The molecule has 0 aromatic rings. The molecule has 0 rings (SSSR count). The monoisotopic (exact) mass is 215 g/mol. The van der Waals surface area contributed by atoms with Gasteiger partial charge >= 0.3 is 11.7 Å². The summed E-state index contributed by atoms with van der Waals surface area (Å²) in [5.74, 6) is -0.793. The summed E-state index contributed by atoms with van der Waals surface area (Å²) in [6, 6.07) is 0. The van der Waals surface area contributed by atoms with Crippen LogP contribution in [0.5, 0.6) is 0 Å². The first-order chi connectivity index (χ1) is 7.17. The van der Waals surface area contributed by atoms with Crippen LogP contribution < -0.4 is 0 Å². The Hall–Kier alpha value is -1.72. The second kappa shape index (κ2) is 7.66. The Bertz CT molecular complexity index is 294. The second-order valence-corrected chi connectivity index (χ2v) is 2.36. The number of oxime groups is 1. The van der Waals surface area contributed by atoms with Crippen LogP contribution in [0.3, 0.4) is 0 Å². The van der Waals surface area contributed by atoms with Crippen LogP contribution in [0.25, 0.3) is 5.53 Å². The topological polar surface area (TPSA) is 93.5 Å². The molecule has 0 aliphatic rings. The molecule has 0 radical (unpaired) electrons. The molecule has 0 N–H and O–H groups in total. The Morgan fingerprint density at radius 1 is 1.53 bits per heavy atom. The van der Waals surface area contributed by atoms with Gasteiger partial charge in [-0.15, -0.1) is 0 Å². The minimum absolute atomic E-state index is 0.0340. The fourth-order valence-electron chi connectivity index (χ4n) is 0.645. The van der Waals surface area contributed by atoms with E-state index in [0.29, 0.717) is 6.61 Å². The Labute approximate surface area is 87.2 Å². The summed E-state index contributed by atoms with van der Waals surface area (Å²) >= 11 is 0. The highest BCUT2D eigenvalue weighted by atomic mass is 16.7. The van der Waals surface area contributed by atoms with E-state index in [9.17, 15) is 4.79 Å². The zero-order valence-electron chi connectivity index (χ0n) is 8.89. The largest absolute Gasteiger partial charge is 0.460 e. The van der Waals surface area contributed by atoms with Crippen molar-refractivity contribution in [2.75, 3.05) is 20.5 Å². The number of ether oxygens (including phenoxy) is 2. The molecule has 0 bridgehead atoms. The molecule has 0 aromatic heterocycles. The van der Waals surface area contributed by atoms with Crippen molar-refractivity contribution in [3.8, 4) is 0 Å². The molecule has 0 saturated heterocycles. The summed E-state index contributed by atoms with van der Waals surface area (Å²) in [4.78, 5) is 18.4. The SMILES string of the molecule is CCOCO/N=C(/C)C(=[N+]=[N-])C(=O)OC. The maximum absolute atomic E-state index is 11.0. The highest BCUT2D eigenvalue weighted by molar-refractivity contribution is 6.63. The first-order valence-electron chi connectivity index (χ1n) is 4.22. The van der Waals surface area contributed by atoms with Crippen LogP contribution in [-0.2, 0) is 19.1 Å². The summed E-state index contributed by atoms with van der Waals surface area (Å²) in [6.45, 7) is 3.70. The van der Waals surface area contributed by atoms with Crippen LogP contribution in [0.2, 0.25) is 0 Å². The Balaban J connectivity index is 4.33. The minimum atomic E-state index is -0.793. The molecule has 0 aromatic carbocycles. The number of esters is 1. The molecule has 0 aliphatic carbocycles. The molecular formula is C8H13N3O4. The Morgan fingerprint density at radius 2 is 2.20 bits per heavy atom. The van der Waals surface area contributed by atoms with E-state index in [0.717, 1.165) is 0 Å². The molecule has 0 amide bonds. The number of rotatable bonds is 6. The van der Waals surface area contributed by atoms with Crippen molar-refractivity contribution >= 4 is 17.4 Å². The molecule has 15 heavy (non-hydrogen) atoms. The lowest BCUT2D eigenvalue weighted by atomic mass is 10.3. The van der Waals surface area contributed by atoms with Crippen molar-refractivity contribution in [1.29, 1.82) is 0 Å². The van der Waals surface area contributed by atoms with Gasteiger partial charge < -0.3 is 19.8 Å². The van der Waals surface area contributed by atoms with E-state index < -0.39 is 5.97 Å². The molecule has 0 heterocycles. The summed E-state index contributed by atoms with van der Waals surface area (Å²) < 4.78 is 9.19. The molecule has 7 heteroatoms. The van der Waals surface area contributed by atoms with Gasteiger partial charge in [0.1, 0.15) is 0 Å². The number of methoxy groups -OCH3 is 1. The van der Waals surface area contributed by atoms with Gasteiger partial charge in [-0.1, -0.05) is 5.16 Å². The Morgan fingerprint density at radius 3 is 2.67 bits per heavy atom. The zero-order valence-corrected chi connectivity index (χ0v) is 8.89. The summed E-state index contributed by atoms with van der Waals surface area (Å²) in [5, 5.41) is 3.50. The predicted molar refractivity (Wildman–Crippen MR) is 51.3 cm³/mol. The normalized spacial score (nSPS) is 10.5. The lowest BCUT2D eigenvalue weighted by Crippen LogP contribution is -2.24. The molecule has 0 saturated carbocycles. The quantitative estimate of drug-likeness (QED) is 0.120. The van der Waals surface area contributed by atoms with Crippen molar-refractivity contribution in [2.24, 2.45) is 5.16 Å². The van der Waals surface area contributed by atoms with Gasteiger partial charge in [0.2, 0.25) is 6.79 Å². The van der Waals surface area contributed by atoms with Gasteiger partial charge in [-0.25, -0.2) is 4.79 Å². The second-order valence-electron chi connectivity index (χ2n) is 2.36. The van der Waals surface area contributed by atoms with E-state index in [1.165, 1.54) is 14.0 Å². The van der Waals surface area contributed by atoms with Crippen molar-refractivity contribution < 1.29 is 23.9 Å². The van der Waals surface area contributed by atoms with E-state index in [2.05, 4.69) is 19.5 Å². The van der Waals surface area contributed by atoms with Gasteiger partial charge in [-0.3, -0.25) is 0 Å². The van der Waals surface area contributed by atoms with E-state index in [-0.39, 0.29) is 18.2 Å². The van der Waals surface area contributed by atoms with Crippen molar-refractivity contribution in [2.45, 2.75) is 13.8 Å². The van der Waals surface area contributed by atoms with Crippen LogP contribution in [0.1, 0.15) is 13.8 Å². The number of carbonyl (C=O) groups excluding carboxylic acids is 1. The molecule has 84 valence electrons. The first kappa shape index (κ1) is 13.3. The molecule has 0 aliphatic heterocycles. The number of carbonyl (C=O) groups is 1. The van der Waals surface area contributed by atoms with Gasteiger partial charge in [-0.2, -0.15) is 4.79 Å². The maximum atomic E-state index is 11.0. The highest BCUT2D eigenvalue weighted by Gasteiger charge is 2.25. The molecule has 0 unspecified atom stereocenters. The molecule has 0 atom stereocenters. The van der Waals surface area contributed by atoms with Crippen molar-refractivity contribution in [3.05, 3.63) is 5.53 Å². The fraction of sp³-hybridized carbons (Fsp3) is 0.625. The Kier molecular flexibility index (Phi) is 6.78. The van der Waals surface area contributed by atoms with E-state index in [1.807, 2.05) is 0 Å². The number of hydrogen-bond donors (Lipinski definition) is 0. The van der Waals surface area contributed by atoms with Crippen molar-refractivity contribution in [3.63, 3.8) is 0 Å². The maximum Gasteiger partial charge on any atom is 0.423 e. The van der Waals surface area contributed by atoms with Gasteiger partial charge in [0, 0.05) is 6.61 Å². The summed E-state index contributed by atoms with van der Waals surface area (Å²) in [6.07, 6.45) is 0.